The molecule has 204 valence electrons. The van der Waals surface area contributed by atoms with Gasteiger partial charge in [-0.15, -0.1) is 0 Å². The molecule has 0 saturated heterocycles. The number of aromatic nitrogens is 1. The van der Waals surface area contributed by atoms with Crippen LogP contribution in [0.25, 0.3) is 0 Å². The molecular formula is C23H30NO12P. The first-order chi connectivity index (χ1) is 17.3. The van der Waals surface area contributed by atoms with E-state index in [9.17, 15) is 24.4 Å². The Morgan fingerprint density at radius 3 is 2.27 bits per heavy atom. The van der Waals surface area contributed by atoms with Crippen LogP contribution in [-0.4, -0.2) is 69.0 Å². The monoisotopic (exact) mass is 543 g/mol. The number of rotatable bonds is 14. The number of hydrogen-bond donors (Lipinski definition) is 4. The maximum atomic E-state index is 11.8. The summed E-state index contributed by atoms with van der Waals surface area (Å²) in [5, 5.41) is 21.6. The number of phosphoric acid groups is 1. The number of fused-ring (bicyclic) bond motifs is 5. The number of hydrogen-bond acceptors (Lipinski definition) is 10. The van der Waals surface area contributed by atoms with Crippen LogP contribution >= 0.6 is 7.82 Å². The van der Waals surface area contributed by atoms with E-state index in [4.69, 9.17) is 28.7 Å². The number of carbonyl (C=O) groups is 2. The quantitative estimate of drug-likeness (QED) is 0.0880. The van der Waals surface area contributed by atoms with Gasteiger partial charge in [-0.25, -0.2) is 14.2 Å². The summed E-state index contributed by atoms with van der Waals surface area (Å²) in [5.74, 6) is -1.87. The maximum absolute atomic E-state index is 11.8. The molecular weight excluding hydrogens is 513 g/mol. The minimum atomic E-state index is -4.64. The Labute approximate surface area is 212 Å². The van der Waals surface area contributed by atoms with Crippen LogP contribution in [0.3, 0.4) is 0 Å². The van der Waals surface area contributed by atoms with Gasteiger partial charge < -0.3 is 38.9 Å². The molecule has 1 aromatic rings. The van der Waals surface area contributed by atoms with Crippen LogP contribution in [-0.2, 0) is 49.8 Å². The van der Waals surface area contributed by atoms with Gasteiger partial charge in [0.2, 0.25) is 11.8 Å². The minimum absolute atomic E-state index is 0.00462. The van der Waals surface area contributed by atoms with Gasteiger partial charge in [0, 0.05) is 17.7 Å². The summed E-state index contributed by atoms with van der Waals surface area (Å²) < 4.78 is 38.6. The van der Waals surface area contributed by atoms with Gasteiger partial charge in [-0.05, 0) is 26.3 Å². The third kappa shape index (κ3) is 6.50. The second-order valence-electron chi connectivity index (χ2n) is 8.74. The van der Waals surface area contributed by atoms with Crippen molar-refractivity contribution in [2.45, 2.75) is 44.6 Å². The van der Waals surface area contributed by atoms with Crippen LogP contribution in [0.15, 0.2) is 36.5 Å². The molecule has 0 aromatic carbocycles. The first-order valence-corrected chi connectivity index (χ1v) is 12.8. The van der Waals surface area contributed by atoms with Gasteiger partial charge in [0.15, 0.2) is 0 Å². The predicted molar refractivity (Wildman–Crippen MR) is 126 cm³/mol. The van der Waals surface area contributed by atoms with Crippen LogP contribution in [0.4, 0.5) is 0 Å². The molecule has 37 heavy (non-hydrogen) atoms. The van der Waals surface area contributed by atoms with Crippen molar-refractivity contribution in [1.29, 1.82) is 0 Å². The topological polar surface area (TPSA) is 183 Å². The lowest BCUT2D eigenvalue weighted by Gasteiger charge is -2.27. The molecule has 4 N–H and O–H groups in total. The van der Waals surface area contributed by atoms with Crippen molar-refractivity contribution in [3.8, 4) is 11.8 Å². The van der Waals surface area contributed by atoms with Crippen LogP contribution in [0.5, 0.6) is 11.8 Å². The van der Waals surface area contributed by atoms with Gasteiger partial charge in [0.25, 0.3) is 0 Å². The molecule has 0 radical (unpaired) electrons. The van der Waals surface area contributed by atoms with E-state index in [1.165, 1.54) is 18.4 Å². The Morgan fingerprint density at radius 2 is 1.73 bits per heavy atom. The third-order valence-electron chi connectivity index (χ3n) is 5.65. The smallest absolute Gasteiger partial charge is 0.469 e. The highest BCUT2D eigenvalue weighted by Crippen LogP contribution is 2.58. The van der Waals surface area contributed by atoms with E-state index < -0.39 is 37.6 Å². The average molecular weight is 543 g/mol. The molecule has 2 bridgehead atoms. The SMILES string of the molecule is C=C(C)C(=O)OCC(COC(=O)C(=C)C)OCC12C=CC(O1)c1c2c(O)n(CCCOP(=O)(O)O)c1O. The Hall–Kier alpha value is -2.93. The zero-order valence-corrected chi connectivity index (χ0v) is 21.3. The van der Waals surface area contributed by atoms with E-state index in [0.29, 0.717) is 5.56 Å². The van der Waals surface area contributed by atoms with Crippen LogP contribution in [0.2, 0.25) is 0 Å². The normalized spacial score (nSPS) is 19.8. The molecule has 13 nitrogen and oxygen atoms in total. The Balaban J connectivity index is 1.74. The Bertz CT molecular complexity index is 1130. The van der Waals surface area contributed by atoms with E-state index in [1.54, 1.807) is 12.2 Å². The fourth-order valence-corrected chi connectivity index (χ4v) is 4.25. The van der Waals surface area contributed by atoms with Gasteiger partial charge in [-0.2, -0.15) is 0 Å². The van der Waals surface area contributed by atoms with E-state index in [1.807, 2.05) is 0 Å². The molecule has 2 aliphatic rings. The first-order valence-electron chi connectivity index (χ1n) is 11.2. The Kier molecular flexibility index (Phi) is 8.68. The van der Waals surface area contributed by atoms with Gasteiger partial charge >= 0.3 is 19.8 Å². The average Bonchev–Trinajstić information content (AvgIpc) is 3.45. The van der Waals surface area contributed by atoms with Crippen molar-refractivity contribution < 1.29 is 57.6 Å². The molecule has 2 atom stereocenters. The largest absolute Gasteiger partial charge is 0.494 e. The van der Waals surface area contributed by atoms with E-state index >= 15 is 0 Å². The Morgan fingerprint density at radius 1 is 1.14 bits per heavy atom. The standard InChI is InChI=1S/C23H30NO12P/c1-13(2)21(27)32-10-15(11-33-22(28)14(3)4)34-12-23-7-6-16(36-23)17-18(23)20(26)24(19(17)25)8-5-9-35-37(29,30)31/h6-7,15-16,25-26H,1,3,5,8-12H2,2,4H3,(H2,29,30,31). The van der Waals surface area contributed by atoms with Crippen LogP contribution in [0.1, 0.15) is 37.5 Å². The molecule has 0 fully saturated rings. The lowest BCUT2D eigenvalue weighted by atomic mass is 9.90. The molecule has 2 unspecified atom stereocenters. The highest BCUT2D eigenvalue weighted by atomic mass is 31.2. The van der Waals surface area contributed by atoms with E-state index in [-0.39, 0.29) is 67.9 Å². The fraction of sp³-hybridized carbons (Fsp3) is 0.478. The summed E-state index contributed by atoms with van der Waals surface area (Å²) >= 11 is 0. The number of aromatic hydroxyl groups is 2. The number of phosphoric ester groups is 1. The van der Waals surface area contributed by atoms with Crippen molar-refractivity contribution in [2.75, 3.05) is 26.4 Å². The fourth-order valence-electron chi connectivity index (χ4n) is 3.89. The van der Waals surface area contributed by atoms with Crippen molar-refractivity contribution in [2.24, 2.45) is 0 Å². The maximum Gasteiger partial charge on any atom is 0.469 e. The summed E-state index contributed by atoms with van der Waals surface area (Å²) in [5.41, 5.74) is -0.336. The van der Waals surface area contributed by atoms with Crippen molar-refractivity contribution in [3.63, 3.8) is 0 Å². The van der Waals surface area contributed by atoms with E-state index in [0.717, 1.165) is 0 Å². The van der Waals surface area contributed by atoms with Crippen molar-refractivity contribution >= 4 is 19.8 Å². The number of carbonyl (C=O) groups excluding carboxylic acids is 2. The second-order valence-corrected chi connectivity index (χ2v) is 9.98. The zero-order valence-electron chi connectivity index (χ0n) is 20.4. The molecule has 3 heterocycles. The highest BCUT2D eigenvalue weighted by molar-refractivity contribution is 7.46. The molecule has 2 aliphatic heterocycles. The molecule has 0 spiro atoms. The first kappa shape index (κ1) is 28.6. The van der Waals surface area contributed by atoms with E-state index in [2.05, 4.69) is 17.7 Å². The number of esters is 2. The van der Waals surface area contributed by atoms with Crippen LogP contribution in [0, 0.1) is 0 Å². The summed E-state index contributed by atoms with van der Waals surface area (Å²) in [6.45, 7) is 8.98. The zero-order chi connectivity index (χ0) is 27.5. The molecule has 14 heteroatoms. The minimum Gasteiger partial charge on any atom is -0.494 e. The highest BCUT2D eigenvalue weighted by Gasteiger charge is 2.53. The van der Waals surface area contributed by atoms with Crippen LogP contribution < -0.4 is 0 Å². The molecule has 3 rings (SSSR count). The third-order valence-corrected chi connectivity index (χ3v) is 6.17. The van der Waals surface area contributed by atoms with Gasteiger partial charge in [0.1, 0.15) is 31.0 Å². The van der Waals surface area contributed by atoms with Crippen molar-refractivity contribution in [3.05, 3.63) is 47.6 Å². The summed E-state index contributed by atoms with van der Waals surface area (Å²) in [4.78, 5) is 41.3. The second kappa shape index (κ2) is 11.2. The molecule has 0 saturated carbocycles. The van der Waals surface area contributed by atoms with Crippen molar-refractivity contribution in [1.82, 2.24) is 4.57 Å². The van der Waals surface area contributed by atoms with Gasteiger partial charge in [-0.1, -0.05) is 19.2 Å². The summed E-state index contributed by atoms with van der Waals surface area (Å²) in [6, 6.07) is 0. The molecule has 1 aromatic heterocycles. The molecule has 0 amide bonds. The number of nitrogens with zero attached hydrogens (tertiary/aromatic N) is 1. The molecule has 0 aliphatic carbocycles. The number of ether oxygens (including phenoxy) is 4. The summed E-state index contributed by atoms with van der Waals surface area (Å²) in [7, 11) is -4.64. The lowest BCUT2D eigenvalue weighted by Crippen LogP contribution is -2.35. The summed E-state index contributed by atoms with van der Waals surface area (Å²) in [6.07, 6.45) is 1.87. The van der Waals surface area contributed by atoms with Gasteiger partial charge in [0.05, 0.1) is 24.3 Å². The van der Waals surface area contributed by atoms with Gasteiger partial charge in [-0.3, -0.25) is 9.09 Å². The predicted octanol–water partition coefficient (Wildman–Crippen LogP) is 1.86. The lowest BCUT2D eigenvalue weighted by molar-refractivity contribution is -0.155.